The van der Waals surface area contributed by atoms with Gasteiger partial charge in [-0.3, -0.25) is 52.9 Å². The van der Waals surface area contributed by atoms with E-state index in [1.807, 2.05) is 30.8 Å². The first-order valence-corrected chi connectivity index (χ1v) is 31.7. The number of unbranched alkanes of at least 4 members (excludes halogenated alkanes) is 3. The van der Waals surface area contributed by atoms with Gasteiger partial charge in [0, 0.05) is 79.9 Å². The first-order valence-electron chi connectivity index (χ1n) is 30.7. The van der Waals surface area contributed by atoms with Gasteiger partial charge in [0.1, 0.15) is 23.7 Å². The normalized spacial score (nSPS) is 17.2. The highest BCUT2D eigenvalue weighted by Crippen LogP contribution is 2.36. The van der Waals surface area contributed by atoms with Crippen LogP contribution in [0.3, 0.4) is 0 Å². The zero-order valence-corrected chi connectivity index (χ0v) is 51.7. The summed E-state index contributed by atoms with van der Waals surface area (Å²) < 4.78 is 0. The number of urea groups is 2. The molecular weight excluding hydrogens is 1200 g/mol. The molecule has 0 radical (unpaired) electrons. The van der Waals surface area contributed by atoms with Crippen molar-refractivity contribution >= 4 is 100 Å². The number of fused-ring (bicyclic) bond motifs is 1. The highest BCUT2D eigenvalue weighted by Gasteiger charge is 2.53. The van der Waals surface area contributed by atoms with Gasteiger partial charge in [-0.15, -0.1) is 0 Å². The zero-order valence-electron chi connectivity index (χ0n) is 50.9. The lowest BCUT2D eigenvalue weighted by Crippen LogP contribution is -2.59. The number of aryl methyl sites for hydroxylation is 1. The fourth-order valence-electron chi connectivity index (χ4n) is 10.3. The molecule has 1 aliphatic carbocycles. The molecule has 7 atom stereocenters. The highest BCUT2D eigenvalue weighted by molar-refractivity contribution is 8.00. The Hall–Kier alpha value is -9.12. The van der Waals surface area contributed by atoms with Crippen molar-refractivity contribution in [1.29, 1.82) is 0 Å². The Morgan fingerprint density at radius 3 is 2.10 bits per heavy atom. The van der Waals surface area contributed by atoms with Gasteiger partial charge in [-0.1, -0.05) is 42.8 Å². The number of nitrogens with zero attached hydrogens (tertiary/aromatic N) is 1. The number of anilines is 2. The third-order valence-corrected chi connectivity index (χ3v) is 17.0. The number of aliphatic carboxylic acids is 2. The Morgan fingerprint density at radius 2 is 1.41 bits per heavy atom. The number of rotatable bonds is 40. The molecule has 0 bridgehead atoms. The summed E-state index contributed by atoms with van der Waals surface area (Å²) in [6.45, 7) is 2.37. The number of amides is 12. The van der Waals surface area contributed by atoms with Gasteiger partial charge in [-0.2, -0.15) is 11.8 Å². The third-order valence-electron chi connectivity index (χ3n) is 15.5. The minimum absolute atomic E-state index is 0.0247. The van der Waals surface area contributed by atoms with E-state index < -0.39 is 96.0 Å². The monoisotopic (exact) mass is 1280 g/mol. The van der Waals surface area contributed by atoms with Crippen LogP contribution in [0.25, 0.3) is 6.08 Å². The fraction of sp³-hybridized carbons (Fsp3) is 0.500. The molecule has 91 heavy (non-hydrogen) atoms. The summed E-state index contributed by atoms with van der Waals surface area (Å²) >= 11 is 1.83. The van der Waals surface area contributed by atoms with E-state index in [-0.39, 0.29) is 88.1 Å². The minimum atomic E-state index is -1.64. The van der Waals surface area contributed by atoms with Crippen LogP contribution in [0.4, 0.5) is 21.0 Å². The van der Waals surface area contributed by atoms with Gasteiger partial charge in [0.25, 0.3) is 0 Å². The van der Waals surface area contributed by atoms with Crippen LogP contribution in [0.1, 0.15) is 119 Å². The molecule has 492 valence electrons. The van der Waals surface area contributed by atoms with Crippen LogP contribution in [0.5, 0.6) is 0 Å². The maximum atomic E-state index is 14.2. The third kappa shape index (κ3) is 25.0. The maximum absolute atomic E-state index is 14.2. The Morgan fingerprint density at radius 1 is 0.692 bits per heavy atom. The molecule has 0 spiro atoms. The van der Waals surface area contributed by atoms with E-state index >= 15 is 0 Å². The average molecular weight is 1280 g/mol. The highest BCUT2D eigenvalue weighted by atomic mass is 32.2. The van der Waals surface area contributed by atoms with Crippen molar-refractivity contribution in [2.24, 2.45) is 5.73 Å². The summed E-state index contributed by atoms with van der Waals surface area (Å²) in [4.78, 5) is 159. The number of nitrogens with two attached hydrogens (primary N) is 1. The van der Waals surface area contributed by atoms with E-state index in [9.17, 15) is 67.7 Å². The van der Waals surface area contributed by atoms with E-state index in [1.165, 1.54) is 6.08 Å². The van der Waals surface area contributed by atoms with Gasteiger partial charge in [0.05, 0.1) is 31.0 Å². The summed E-state index contributed by atoms with van der Waals surface area (Å²) in [5.41, 5.74) is 7.16. The number of carboxylic acid groups (broad SMARTS) is 2. The van der Waals surface area contributed by atoms with Crippen molar-refractivity contribution in [1.82, 2.24) is 58.2 Å². The van der Waals surface area contributed by atoms with Crippen molar-refractivity contribution in [3.05, 3.63) is 95.8 Å². The molecule has 3 aromatic rings. The molecule has 3 heterocycles. The van der Waals surface area contributed by atoms with E-state index in [4.69, 9.17) is 5.73 Å². The Balaban J connectivity index is 0.984. The predicted octanol–water partition coefficient (Wildman–Crippen LogP) is 1.98. The topological polar surface area (TPSA) is 429 Å². The SMILES string of the molecule is Cc1ccccc1NC(=O)Nc1ccc(CC(=O)N[C@@H](CCCCNC(=O)/C=C/c2cccnc2)C(=O)N[C@@H](CCCC(=O)O)C(=O)NC2(C(=O)N[C@H](CC(=O)O)C(=O)NCCN[C@@H](CCCCNC(=O)CCCC[C@H]3SC[C@H]4NC(=O)N[C@H]43)C(N)=O)CC2)cc1. The number of pyridine rings is 1. The largest absolute Gasteiger partial charge is 0.481 e. The van der Waals surface area contributed by atoms with E-state index in [2.05, 4.69) is 68.8 Å². The van der Waals surface area contributed by atoms with Gasteiger partial charge in [-0.25, -0.2) is 9.59 Å². The second-order valence-corrected chi connectivity index (χ2v) is 24.0. The molecule has 0 unspecified atom stereocenters. The van der Waals surface area contributed by atoms with Crippen molar-refractivity contribution in [2.75, 3.05) is 42.6 Å². The smallest absolute Gasteiger partial charge is 0.323 e. The number of benzene rings is 2. The lowest BCUT2D eigenvalue weighted by atomic mass is 10.0. The summed E-state index contributed by atoms with van der Waals surface area (Å²) in [6.07, 6.45) is 9.42. The molecule has 16 N–H and O–H groups in total. The van der Waals surface area contributed by atoms with Crippen LogP contribution in [-0.4, -0.2) is 165 Å². The molecule has 2 saturated heterocycles. The van der Waals surface area contributed by atoms with E-state index in [1.54, 1.807) is 67.0 Å². The second kappa shape index (κ2) is 36.5. The van der Waals surface area contributed by atoms with Gasteiger partial charge in [-0.05, 0) is 131 Å². The van der Waals surface area contributed by atoms with Crippen molar-refractivity contribution in [2.45, 2.75) is 163 Å². The zero-order chi connectivity index (χ0) is 65.7. The number of carbonyl (C=O) groups is 12. The number of primary amides is 1. The number of para-hydroxylation sites is 1. The average Bonchev–Trinajstić information content (AvgIpc) is 1.68. The van der Waals surface area contributed by atoms with E-state index in [0.29, 0.717) is 79.2 Å². The number of nitrogens with one attached hydrogen (secondary N) is 12. The number of carboxylic acids is 2. The predicted molar refractivity (Wildman–Crippen MR) is 339 cm³/mol. The van der Waals surface area contributed by atoms with Crippen molar-refractivity contribution < 1.29 is 67.7 Å². The van der Waals surface area contributed by atoms with Crippen LogP contribution in [0.2, 0.25) is 0 Å². The van der Waals surface area contributed by atoms with Gasteiger partial charge in [0.15, 0.2) is 0 Å². The molecule has 1 aromatic heterocycles. The number of hydrogen-bond acceptors (Lipinski definition) is 15. The second-order valence-electron chi connectivity index (χ2n) is 22.8. The summed E-state index contributed by atoms with van der Waals surface area (Å²) in [5, 5.41) is 52.5. The lowest BCUT2D eigenvalue weighted by molar-refractivity contribution is -0.141. The first-order chi connectivity index (χ1) is 43.7. The van der Waals surface area contributed by atoms with Crippen LogP contribution in [0, 0.1) is 6.92 Å². The molecule has 2 aliphatic heterocycles. The summed E-state index contributed by atoms with van der Waals surface area (Å²) in [7, 11) is 0. The van der Waals surface area contributed by atoms with Crippen LogP contribution in [-0.2, 0) is 54.4 Å². The number of carbonyl (C=O) groups excluding carboxylic acids is 10. The minimum Gasteiger partial charge on any atom is -0.481 e. The molecule has 6 rings (SSSR count). The molecule has 28 nitrogen and oxygen atoms in total. The molecule has 12 amide bonds. The molecule has 29 heteroatoms. The number of hydrogen-bond donors (Lipinski definition) is 15. The summed E-state index contributed by atoms with van der Waals surface area (Å²) in [5.74, 6) is -6.90. The molecule has 1 saturated carbocycles. The molecule has 3 fully saturated rings. The number of aromatic nitrogens is 1. The standard InChI is InChI=1S/C62H84N14O14S/c1-38-12-2-3-14-42(38)73-60(89)69-41-24-21-39(22-25-41)34-51(79)70-44(16-7-9-31-67-50(78)26-23-40-13-11-29-64-36-40)57(86)71-45(17-10-20-52(80)81)58(87)76-62(27-28-62)59(88)72-46(35-53(82)83)56(85)68-33-32-65-43(55(63)84)15-6-8-30-66-49(77)19-5-4-18-48-54-47(37-91-48)74-61(90)75-54/h2-3,11-14,21-26,29,36,43-48,54,65H,4-10,15-20,27-28,30-35,37H2,1H3,(H2,63,84)(H,66,77)(H,67,78)(H,68,85)(H,70,79)(H,71,86)(H,72,88)(H,76,87)(H,80,81)(H,82,83)(H2,69,73,89)(H2,74,75,90)/b26-23+/t43-,44-,45-,46+,47+,48+,54+/m0/s1. The molecule has 3 aliphatic rings. The maximum Gasteiger partial charge on any atom is 0.323 e. The van der Waals surface area contributed by atoms with Crippen molar-refractivity contribution in [3.8, 4) is 0 Å². The molecular formula is C62H84N14O14S. The van der Waals surface area contributed by atoms with Gasteiger partial charge >= 0.3 is 24.0 Å². The van der Waals surface area contributed by atoms with Crippen molar-refractivity contribution in [3.63, 3.8) is 0 Å². The Kier molecular flexibility index (Phi) is 28.5. The van der Waals surface area contributed by atoms with Gasteiger partial charge < -0.3 is 79.7 Å². The summed E-state index contributed by atoms with van der Waals surface area (Å²) in [6, 6.07) is 11.7. The van der Waals surface area contributed by atoms with Crippen LogP contribution >= 0.6 is 11.8 Å². The molecule has 2 aromatic carbocycles. The quantitative estimate of drug-likeness (QED) is 0.0220. The lowest BCUT2D eigenvalue weighted by Gasteiger charge is -2.26. The Bertz CT molecular complexity index is 3060. The van der Waals surface area contributed by atoms with Crippen LogP contribution in [0.15, 0.2) is 79.1 Å². The van der Waals surface area contributed by atoms with Crippen LogP contribution < -0.4 is 69.5 Å². The first kappa shape index (κ1) is 71.0. The fourth-order valence-corrected chi connectivity index (χ4v) is 11.8. The van der Waals surface area contributed by atoms with E-state index in [0.717, 1.165) is 24.2 Å². The Labute approximate surface area is 531 Å². The van der Waals surface area contributed by atoms with Gasteiger partial charge in [0.2, 0.25) is 47.3 Å². The number of thioether (sulfide) groups is 1.